The van der Waals surface area contributed by atoms with Crippen LogP contribution in [0.15, 0.2) is 119 Å². The second-order valence-corrected chi connectivity index (χ2v) is 12.3. The van der Waals surface area contributed by atoms with Crippen LogP contribution in [0, 0.1) is 0 Å². The molecule has 0 aromatic heterocycles. The van der Waals surface area contributed by atoms with Gasteiger partial charge in [0.25, 0.3) is 0 Å². The Morgan fingerprint density at radius 3 is 1.89 bits per heavy atom. The Balaban J connectivity index is 1.64. The highest BCUT2D eigenvalue weighted by molar-refractivity contribution is 9.10. The van der Waals surface area contributed by atoms with E-state index in [0.29, 0.717) is 5.04 Å². The monoisotopic (exact) mass is 556 g/mol. The number of halogens is 1. The van der Waals surface area contributed by atoms with Crippen LogP contribution >= 0.6 is 39.5 Å². The predicted molar refractivity (Wildman–Crippen MR) is 151 cm³/mol. The summed E-state index contributed by atoms with van der Waals surface area (Å²) in [6.07, 6.45) is 0. The molecule has 3 nitrogen and oxygen atoms in total. The fourth-order valence-corrected chi connectivity index (χ4v) is 8.68. The first-order chi connectivity index (χ1) is 17.0. The van der Waals surface area contributed by atoms with E-state index < -0.39 is 8.95 Å². The topological polar surface area (TPSA) is 32.7 Å². The molecular weight excluding hydrogens is 536 g/mol. The van der Waals surface area contributed by atoms with Crippen molar-refractivity contribution in [2.24, 2.45) is 5.10 Å². The van der Waals surface area contributed by atoms with Crippen molar-refractivity contribution in [3.8, 4) is 0 Å². The minimum atomic E-state index is -0.642. The van der Waals surface area contributed by atoms with Crippen molar-refractivity contribution >= 4 is 56.0 Å². The molecule has 0 N–H and O–H groups in total. The summed E-state index contributed by atoms with van der Waals surface area (Å²) in [7, 11) is 0. The Morgan fingerprint density at radius 1 is 0.771 bits per heavy atom. The minimum Gasteiger partial charge on any atom is -0.292 e. The molecule has 2 aliphatic heterocycles. The summed E-state index contributed by atoms with van der Waals surface area (Å²) < 4.78 is -0.112. The molecule has 6 heteroatoms. The van der Waals surface area contributed by atoms with Crippen molar-refractivity contribution in [3.63, 3.8) is 0 Å². The standard InChI is InChI=1S/C29H21BrN2OS2/c1-20(33)27-31-32(24-18-16-23(30)17-19-24)29(34-27)26-15-9-8-14-25(26)28(35-29,21-10-4-2-5-11-21)22-12-6-3-7-13-22/h2-19H,1H3. The molecule has 0 saturated carbocycles. The van der Waals surface area contributed by atoms with Crippen LogP contribution in [0.3, 0.4) is 0 Å². The van der Waals surface area contributed by atoms with Gasteiger partial charge >= 0.3 is 0 Å². The number of thioether (sulfide) groups is 2. The molecule has 172 valence electrons. The van der Waals surface area contributed by atoms with Gasteiger partial charge in [-0.1, -0.05) is 124 Å². The first kappa shape index (κ1) is 22.7. The van der Waals surface area contributed by atoms with Crippen LogP contribution < -0.4 is 5.01 Å². The summed E-state index contributed by atoms with van der Waals surface area (Å²) >= 11 is 6.94. The molecule has 2 heterocycles. The average Bonchev–Trinajstić information content (AvgIpc) is 3.43. The predicted octanol–water partition coefficient (Wildman–Crippen LogP) is 7.75. The number of Topliss-reactive ketones (excluding diaryl/α,β-unsaturated/α-hetero) is 1. The van der Waals surface area contributed by atoms with Crippen LogP contribution in [0.1, 0.15) is 29.2 Å². The first-order valence-electron chi connectivity index (χ1n) is 11.3. The number of anilines is 1. The molecule has 0 amide bonds. The molecule has 0 fully saturated rings. The van der Waals surface area contributed by atoms with E-state index in [9.17, 15) is 4.79 Å². The molecule has 2 aliphatic rings. The van der Waals surface area contributed by atoms with Crippen LogP contribution in [0.2, 0.25) is 0 Å². The van der Waals surface area contributed by atoms with E-state index in [0.717, 1.165) is 15.7 Å². The molecule has 1 spiro atoms. The van der Waals surface area contributed by atoms with E-state index in [1.165, 1.54) is 16.7 Å². The highest BCUT2D eigenvalue weighted by Crippen LogP contribution is 2.70. The fourth-order valence-electron chi connectivity index (χ4n) is 4.86. The Morgan fingerprint density at radius 2 is 1.31 bits per heavy atom. The Hall–Kier alpha value is -2.80. The zero-order chi connectivity index (χ0) is 24.0. The third kappa shape index (κ3) is 3.50. The zero-order valence-corrected chi connectivity index (χ0v) is 22.1. The van der Waals surface area contributed by atoms with Crippen molar-refractivity contribution in [1.82, 2.24) is 0 Å². The van der Waals surface area contributed by atoms with Crippen molar-refractivity contribution in [3.05, 3.63) is 136 Å². The number of rotatable bonds is 4. The van der Waals surface area contributed by atoms with E-state index in [1.54, 1.807) is 18.7 Å². The number of carbonyl (C=O) groups is 1. The molecule has 0 saturated heterocycles. The first-order valence-corrected chi connectivity index (χ1v) is 13.7. The van der Waals surface area contributed by atoms with Crippen LogP contribution in [0.4, 0.5) is 5.69 Å². The van der Waals surface area contributed by atoms with Crippen LogP contribution in [0.5, 0.6) is 0 Å². The third-order valence-electron chi connectivity index (χ3n) is 6.38. The second kappa shape index (κ2) is 8.70. The molecule has 6 rings (SSSR count). The number of nitrogens with zero attached hydrogens (tertiary/aromatic N) is 2. The molecular formula is C29H21BrN2OS2. The largest absolute Gasteiger partial charge is 0.292 e. The lowest BCUT2D eigenvalue weighted by Crippen LogP contribution is -2.34. The summed E-state index contributed by atoms with van der Waals surface area (Å²) in [6.45, 7) is 1.60. The van der Waals surface area contributed by atoms with E-state index in [-0.39, 0.29) is 5.78 Å². The molecule has 1 atom stereocenters. The maximum absolute atomic E-state index is 12.6. The smallest absolute Gasteiger partial charge is 0.187 e. The number of hydrogen-bond donors (Lipinski definition) is 0. The van der Waals surface area contributed by atoms with Gasteiger partial charge in [-0.15, -0.1) is 0 Å². The SMILES string of the molecule is CC(=O)C1=NN(c2ccc(Br)cc2)C2(S1)SC(c1ccccc1)(c1ccccc1)c1ccccc12. The van der Waals surface area contributed by atoms with Crippen LogP contribution in [-0.4, -0.2) is 10.8 Å². The number of ketones is 1. The fraction of sp³-hybridized carbons (Fsp3) is 0.103. The molecule has 0 radical (unpaired) electrons. The number of hydrogen-bond acceptors (Lipinski definition) is 5. The molecule has 4 aromatic rings. The van der Waals surface area contributed by atoms with Gasteiger partial charge < -0.3 is 0 Å². The summed E-state index contributed by atoms with van der Waals surface area (Å²) in [5.41, 5.74) is 5.72. The van der Waals surface area contributed by atoms with E-state index in [1.807, 2.05) is 41.0 Å². The lowest BCUT2D eigenvalue weighted by Gasteiger charge is -2.37. The molecule has 0 aliphatic carbocycles. The van der Waals surface area contributed by atoms with E-state index >= 15 is 0 Å². The lowest BCUT2D eigenvalue weighted by atomic mass is 9.82. The number of hydrazone groups is 1. The van der Waals surface area contributed by atoms with Crippen molar-refractivity contribution < 1.29 is 4.79 Å². The average molecular weight is 558 g/mol. The maximum Gasteiger partial charge on any atom is 0.187 e. The number of benzene rings is 4. The van der Waals surface area contributed by atoms with Gasteiger partial charge in [0, 0.05) is 17.0 Å². The van der Waals surface area contributed by atoms with Crippen molar-refractivity contribution in [2.45, 2.75) is 15.9 Å². The van der Waals surface area contributed by atoms with Crippen molar-refractivity contribution in [2.75, 3.05) is 5.01 Å². The van der Waals surface area contributed by atoms with E-state index in [2.05, 4.69) is 101 Å². The van der Waals surface area contributed by atoms with Gasteiger partial charge in [0.15, 0.2) is 15.0 Å². The molecule has 1 unspecified atom stereocenters. The summed E-state index contributed by atoms with van der Waals surface area (Å²) in [5.74, 6) is -0.0241. The van der Waals surface area contributed by atoms with Crippen LogP contribution in [0.25, 0.3) is 0 Å². The third-order valence-corrected chi connectivity index (χ3v) is 10.3. The van der Waals surface area contributed by atoms with Gasteiger partial charge in [-0.25, -0.2) is 5.01 Å². The van der Waals surface area contributed by atoms with Gasteiger partial charge in [-0.3, -0.25) is 4.79 Å². The Bertz CT molecular complexity index is 1400. The summed E-state index contributed by atoms with van der Waals surface area (Å²) in [4.78, 5) is 12.6. The zero-order valence-electron chi connectivity index (χ0n) is 18.9. The van der Waals surface area contributed by atoms with Gasteiger partial charge in [0.1, 0.15) is 0 Å². The van der Waals surface area contributed by atoms with Gasteiger partial charge in [0.2, 0.25) is 0 Å². The number of carbonyl (C=O) groups excluding carboxylic acids is 1. The second-order valence-electron chi connectivity index (χ2n) is 8.49. The molecule has 4 aromatic carbocycles. The maximum atomic E-state index is 12.6. The molecule has 0 bridgehead atoms. The van der Waals surface area contributed by atoms with Crippen LogP contribution in [-0.2, 0) is 13.7 Å². The normalized spacial score (nSPS) is 20.1. The highest BCUT2D eigenvalue weighted by Gasteiger charge is 2.61. The number of fused-ring (bicyclic) bond motifs is 2. The van der Waals surface area contributed by atoms with Gasteiger partial charge in [0.05, 0.1) is 10.4 Å². The Labute approximate surface area is 221 Å². The summed E-state index contributed by atoms with van der Waals surface area (Å²) in [6, 6.07) is 38.0. The van der Waals surface area contributed by atoms with Gasteiger partial charge in [-0.2, -0.15) is 5.10 Å². The quantitative estimate of drug-likeness (QED) is 0.257. The van der Waals surface area contributed by atoms with Gasteiger partial charge in [-0.05, 0) is 41.0 Å². The minimum absolute atomic E-state index is 0.0241. The molecule has 35 heavy (non-hydrogen) atoms. The summed E-state index contributed by atoms with van der Waals surface area (Å²) in [5, 5.41) is 7.46. The Kier molecular flexibility index (Phi) is 5.63. The highest BCUT2D eigenvalue weighted by atomic mass is 79.9. The van der Waals surface area contributed by atoms with E-state index in [4.69, 9.17) is 5.10 Å². The lowest BCUT2D eigenvalue weighted by molar-refractivity contribution is -0.110. The van der Waals surface area contributed by atoms with Crippen molar-refractivity contribution in [1.29, 1.82) is 0 Å².